The first-order valence-electron chi connectivity index (χ1n) is 11.8. The second kappa shape index (κ2) is 8.22. The summed E-state index contributed by atoms with van der Waals surface area (Å²) >= 11 is 0. The summed E-state index contributed by atoms with van der Waals surface area (Å²) in [5.74, 6) is -3.14. The Kier molecular flexibility index (Phi) is 5.87. The SMILES string of the molecule is C=CC(C)(CO)c1c(O)cc2c(c1O)C(=O)C1=C(C2=O)[C@@H]2C[C@@H](C)[C@@H](OC(C)=O)C[C@@H]2C(C)(C)O1. The van der Waals surface area contributed by atoms with Crippen molar-refractivity contribution in [2.24, 2.45) is 17.8 Å². The first-order chi connectivity index (χ1) is 16.3. The Morgan fingerprint density at radius 1 is 1.29 bits per heavy atom. The largest absolute Gasteiger partial charge is 0.507 e. The summed E-state index contributed by atoms with van der Waals surface area (Å²) < 4.78 is 11.7. The van der Waals surface area contributed by atoms with Crippen LogP contribution < -0.4 is 0 Å². The Morgan fingerprint density at radius 2 is 1.94 bits per heavy atom. The van der Waals surface area contributed by atoms with Crippen LogP contribution in [-0.2, 0) is 19.7 Å². The zero-order chi connectivity index (χ0) is 26.0. The van der Waals surface area contributed by atoms with Crippen LogP contribution >= 0.6 is 0 Å². The molecule has 188 valence electrons. The van der Waals surface area contributed by atoms with Gasteiger partial charge in [-0.3, -0.25) is 14.4 Å². The van der Waals surface area contributed by atoms with Crippen molar-refractivity contribution in [2.45, 2.75) is 64.6 Å². The van der Waals surface area contributed by atoms with Crippen LogP contribution in [-0.4, -0.2) is 51.2 Å². The van der Waals surface area contributed by atoms with E-state index in [0.717, 1.165) is 0 Å². The highest BCUT2D eigenvalue weighted by atomic mass is 16.5. The molecule has 1 fully saturated rings. The molecule has 1 aromatic carbocycles. The predicted octanol–water partition coefficient (Wildman–Crippen LogP) is 3.57. The number of carbonyl (C=O) groups excluding carboxylic acids is 3. The molecule has 0 spiro atoms. The molecule has 8 nitrogen and oxygen atoms in total. The van der Waals surface area contributed by atoms with Crippen LogP contribution in [0.25, 0.3) is 0 Å². The standard InChI is InChI=1S/C27H32O8/c1-7-27(6,11-28)21-17(30)9-15-19(23(21)32)24(33)25-20(22(15)31)14-8-12(2)18(34-13(3)29)10-16(14)26(4,5)35-25/h7,9,12,14,16,18,28,30,32H,1,8,10-11H2,2-6H3/t12-,14-,16+,18+,27?/m1/s1. The van der Waals surface area contributed by atoms with Gasteiger partial charge < -0.3 is 24.8 Å². The number of aliphatic hydroxyl groups excluding tert-OH is 1. The number of aromatic hydroxyl groups is 2. The summed E-state index contributed by atoms with van der Waals surface area (Å²) in [6.45, 7) is 11.7. The minimum absolute atomic E-state index is 0.0471. The van der Waals surface area contributed by atoms with Gasteiger partial charge in [0.05, 0.1) is 12.2 Å². The molecule has 1 aromatic rings. The normalized spacial score (nSPS) is 28.7. The summed E-state index contributed by atoms with van der Waals surface area (Å²) in [4.78, 5) is 39.1. The van der Waals surface area contributed by atoms with E-state index < -0.39 is 40.7 Å². The lowest BCUT2D eigenvalue weighted by Gasteiger charge is -2.51. The van der Waals surface area contributed by atoms with E-state index in [1.807, 2.05) is 20.8 Å². The minimum Gasteiger partial charge on any atom is -0.507 e. The summed E-state index contributed by atoms with van der Waals surface area (Å²) in [5.41, 5.74) is -2.29. The van der Waals surface area contributed by atoms with Gasteiger partial charge in [0.25, 0.3) is 0 Å². The minimum atomic E-state index is -1.25. The third-order valence-electron chi connectivity index (χ3n) is 7.98. The smallest absolute Gasteiger partial charge is 0.302 e. The Hall–Kier alpha value is -3.13. The number of allylic oxidation sites excluding steroid dienone is 2. The van der Waals surface area contributed by atoms with Crippen LogP contribution in [0.1, 0.15) is 73.7 Å². The van der Waals surface area contributed by atoms with Crippen LogP contribution in [0.2, 0.25) is 0 Å². The first kappa shape index (κ1) is 25.0. The van der Waals surface area contributed by atoms with Crippen molar-refractivity contribution in [3.05, 3.63) is 46.7 Å². The molecule has 8 heteroatoms. The number of esters is 1. The van der Waals surface area contributed by atoms with Gasteiger partial charge in [0.1, 0.15) is 23.2 Å². The molecule has 0 radical (unpaired) electrons. The van der Waals surface area contributed by atoms with E-state index in [1.165, 1.54) is 19.1 Å². The Labute approximate surface area is 204 Å². The fraction of sp³-hybridized carbons (Fsp3) is 0.519. The molecule has 0 amide bonds. The van der Waals surface area contributed by atoms with Crippen LogP contribution in [0.3, 0.4) is 0 Å². The van der Waals surface area contributed by atoms with E-state index in [1.54, 1.807) is 6.92 Å². The molecular weight excluding hydrogens is 452 g/mol. The maximum absolute atomic E-state index is 13.8. The van der Waals surface area contributed by atoms with E-state index in [2.05, 4.69) is 6.58 Å². The van der Waals surface area contributed by atoms with E-state index in [9.17, 15) is 29.7 Å². The number of phenolic OH excluding ortho intramolecular Hbond substituents is 2. The zero-order valence-corrected chi connectivity index (χ0v) is 20.7. The molecule has 2 aliphatic carbocycles. The Morgan fingerprint density at radius 3 is 2.51 bits per heavy atom. The van der Waals surface area contributed by atoms with Crippen molar-refractivity contribution in [1.29, 1.82) is 0 Å². The summed E-state index contributed by atoms with van der Waals surface area (Å²) in [6.07, 6.45) is 2.03. The fourth-order valence-corrected chi connectivity index (χ4v) is 5.96. The molecule has 3 aliphatic rings. The highest BCUT2D eigenvalue weighted by Gasteiger charge is 2.55. The first-order valence-corrected chi connectivity index (χ1v) is 11.8. The number of ether oxygens (including phenoxy) is 2. The van der Waals surface area contributed by atoms with Gasteiger partial charge >= 0.3 is 5.97 Å². The van der Waals surface area contributed by atoms with Crippen LogP contribution in [0.5, 0.6) is 11.5 Å². The molecule has 5 atom stereocenters. The van der Waals surface area contributed by atoms with E-state index >= 15 is 0 Å². The number of phenols is 2. The molecule has 0 saturated heterocycles. The van der Waals surface area contributed by atoms with E-state index in [0.29, 0.717) is 12.8 Å². The number of rotatable bonds is 4. The van der Waals surface area contributed by atoms with E-state index in [4.69, 9.17) is 9.47 Å². The Bertz CT molecular complexity index is 1180. The second-order valence-electron chi connectivity index (χ2n) is 10.7. The highest BCUT2D eigenvalue weighted by molar-refractivity contribution is 6.28. The van der Waals surface area contributed by atoms with Crippen molar-refractivity contribution in [3.63, 3.8) is 0 Å². The van der Waals surface area contributed by atoms with Crippen molar-refractivity contribution < 1.29 is 39.2 Å². The van der Waals surface area contributed by atoms with Gasteiger partial charge in [0, 0.05) is 35.0 Å². The number of fused-ring (bicyclic) bond motifs is 3. The number of ketones is 2. The maximum Gasteiger partial charge on any atom is 0.302 e. The number of Topliss-reactive ketones (excluding diaryl/α,β-unsaturated/α-hetero) is 2. The number of carbonyl (C=O) groups is 3. The van der Waals surface area contributed by atoms with Gasteiger partial charge in [-0.15, -0.1) is 6.58 Å². The van der Waals surface area contributed by atoms with E-state index in [-0.39, 0.29) is 57.8 Å². The maximum atomic E-state index is 13.8. The molecule has 35 heavy (non-hydrogen) atoms. The van der Waals surface area contributed by atoms with Gasteiger partial charge in [0.2, 0.25) is 5.78 Å². The molecule has 4 rings (SSSR count). The quantitative estimate of drug-likeness (QED) is 0.437. The average molecular weight is 485 g/mol. The molecule has 3 N–H and O–H groups in total. The predicted molar refractivity (Wildman–Crippen MR) is 126 cm³/mol. The lowest BCUT2D eigenvalue weighted by Crippen LogP contribution is -2.53. The number of hydrogen-bond acceptors (Lipinski definition) is 8. The molecule has 1 aliphatic heterocycles. The lowest BCUT2D eigenvalue weighted by molar-refractivity contribution is -0.158. The molecule has 0 bridgehead atoms. The van der Waals surface area contributed by atoms with Crippen LogP contribution in [0.4, 0.5) is 0 Å². The van der Waals surface area contributed by atoms with Gasteiger partial charge in [-0.2, -0.15) is 0 Å². The Balaban J connectivity index is 1.86. The van der Waals surface area contributed by atoms with Gasteiger partial charge in [-0.1, -0.05) is 13.0 Å². The van der Waals surface area contributed by atoms with Gasteiger partial charge in [-0.25, -0.2) is 0 Å². The molecular formula is C27H32O8. The highest BCUT2D eigenvalue weighted by Crippen LogP contribution is 2.54. The third kappa shape index (κ3) is 3.66. The topological polar surface area (TPSA) is 130 Å². The van der Waals surface area contributed by atoms with Crippen molar-refractivity contribution in [2.75, 3.05) is 6.61 Å². The number of aliphatic hydroxyl groups is 1. The third-order valence-corrected chi connectivity index (χ3v) is 7.98. The zero-order valence-electron chi connectivity index (χ0n) is 20.7. The number of benzene rings is 1. The summed E-state index contributed by atoms with van der Waals surface area (Å²) in [5, 5.41) is 31.7. The van der Waals surface area contributed by atoms with Gasteiger partial charge in [-0.05, 0) is 51.5 Å². The van der Waals surface area contributed by atoms with Crippen molar-refractivity contribution in [3.8, 4) is 11.5 Å². The van der Waals surface area contributed by atoms with Crippen LogP contribution in [0.15, 0.2) is 30.1 Å². The number of hydrogen-bond donors (Lipinski definition) is 3. The summed E-state index contributed by atoms with van der Waals surface area (Å²) in [7, 11) is 0. The second-order valence-corrected chi connectivity index (χ2v) is 10.7. The van der Waals surface area contributed by atoms with Crippen molar-refractivity contribution in [1.82, 2.24) is 0 Å². The average Bonchev–Trinajstić information content (AvgIpc) is 2.77. The van der Waals surface area contributed by atoms with Gasteiger partial charge in [0.15, 0.2) is 11.5 Å². The van der Waals surface area contributed by atoms with Crippen molar-refractivity contribution >= 4 is 17.5 Å². The molecule has 1 saturated carbocycles. The fourth-order valence-electron chi connectivity index (χ4n) is 5.96. The molecule has 0 aromatic heterocycles. The summed E-state index contributed by atoms with van der Waals surface area (Å²) in [6, 6.07) is 1.18. The molecule has 1 heterocycles. The monoisotopic (exact) mass is 484 g/mol. The van der Waals surface area contributed by atoms with Crippen LogP contribution in [0, 0.1) is 17.8 Å². The molecule has 1 unspecified atom stereocenters. The lowest BCUT2D eigenvalue weighted by atomic mass is 9.61.